The lowest BCUT2D eigenvalue weighted by atomic mass is 10.1. The average molecular weight is 329 g/mol. The molecule has 0 N–H and O–H groups in total. The third-order valence-corrected chi connectivity index (χ3v) is 5.19. The molecule has 0 radical (unpaired) electrons. The molecule has 1 fully saturated rings. The number of carbonyl (C=O) groups excluding carboxylic acids is 2. The number of ether oxygens (including phenoxy) is 1. The fourth-order valence-corrected chi connectivity index (χ4v) is 3.88. The van der Waals surface area contributed by atoms with Crippen LogP contribution in [0.1, 0.15) is 10.8 Å². The second-order valence-electron chi connectivity index (χ2n) is 5.08. The highest BCUT2D eigenvalue weighted by Crippen LogP contribution is 2.31. The summed E-state index contributed by atoms with van der Waals surface area (Å²) in [5.41, 5.74) is 1.11. The monoisotopic (exact) mass is 329 g/mol. The molecule has 0 saturated carbocycles. The lowest BCUT2D eigenvalue weighted by Gasteiger charge is -2.30. The van der Waals surface area contributed by atoms with Crippen molar-refractivity contribution in [2.45, 2.75) is 5.25 Å². The molecule has 23 heavy (non-hydrogen) atoms. The number of hydrogen-bond donors (Lipinski definition) is 0. The SMILES string of the molecule is COc1ccc(N2C(=O)C[S@@](=O)[C@H](c3ccccc3)C2=O)cc1. The number of methoxy groups -OCH3 is 1. The molecule has 2 aromatic rings. The van der Waals surface area contributed by atoms with Gasteiger partial charge in [0.05, 0.1) is 12.8 Å². The van der Waals surface area contributed by atoms with Gasteiger partial charge in [-0.05, 0) is 29.8 Å². The van der Waals surface area contributed by atoms with Gasteiger partial charge in [-0.3, -0.25) is 13.8 Å². The zero-order valence-electron chi connectivity index (χ0n) is 12.5. The molecule has 118 valence electrons. The van der Waals surface area contributed by atoms with Crippen LogP contribution in [-0.2, 0) is 20.4 Å². The number of benzene rings is 2. The molecule has 5 nitrogen and oxygen atoms in total. The summed E-state index contributed by atoms with van der Waals surface area (Å²) in [5.74, 6) is -0.451. The van der Waals surface area contributed by atoms with E-state index in [1.165, 1.54) is 0 Å². The molecule has 0 aliphatic carbocycles. The number of anilines is 1. The number of nitrogens with zero attached hydrogens (tertiary/aromatic N) is 1. The van der Waals surface area contributed by atoms with Crippen molar-refractivity contribution in [1.29, 1.82) is 0 Å². The van der Waals surface area contributed by atoms with Crippen LogP contribution in [0, 0.1) is 0 Å². The summed E-state index contributed by atoms with van der Waals surface area (Å²) in [6.45, 7) is 0. The molecular formula is C17H15NO4S. The van der Waals surface area contributed by atoms with Crippen molar-refractivity contribution in [2.75, 3.05) is 17.8 Å². The van der Waals surface area contributed by atoms with Crippen molar-refractivity contribution in [1.82, 2.24) is 0 Å². The summed E-state index contributed by atoms with van der Waals surface area (Å²) in [6.07, 6.45) is 0. The van der Waals surface area contributed by atoms with Crippen molar-refractivity contribution >= 4 is 28.3 Å². The normalized spacial score (nSPS) is 21.3. The third kappa shape index (κ3) is 2.90. The molecule has 0 spiro atoms. The van der Waals surface area contributed by atoms with Gasteiger partial charge in [-0.2, -0.15) is 0 Å². The zero-order valence-corrected chi connectivity index (χ0v) is 13.3. The molecule has 3 rings (SSSR count). The van der Waals surface area contributed by atoms with Crippen molar-refractivity contribution in [3.05, 3.63) is 60.2 Å². The standard InChI is InChI=1S/C17H15NO4S/c1-22-14-9-7-13(8-10-14)18-15(19)11-23(21)16(17(18)20)12-5-3-2-4-6-12/h2-10,16H,11H2,1H3/t16-,23-/m1/s1. The van der Waals surface area contributed by atoms with Crippen molar-refractivity contribution < 1.29 is 18.5 Å². The van der Waals surface area contributed by atoms with Gasteiger partial charge in [0.15, 0.2) is 0 Å². The third-order valence-electron chi connectivity index (χ3n) is 3.66. The Kier molecular flexibility index (Phi) is 4.25. The molecule has 1 aliphatic heterocycles. The maximum Gasteiger partial charge on any atom is 0.254 e. The Morgan fingerprint density at radius 2 is 1.70 bits per heavy atom. The Hall–Kier alpha value is -2.47. The van der Waals surface area contributed by atoms with Gasteiger partial charge in [-0.1, -0.05) is 30.3 Å². The van der Waals surface area contributed by atoms with Gasteiger partial charge in [0.2, 0.25) is 5.91 Å². The first-order valence-electron chi connectivity index (χ1n) is 7.05. The van der Waals surface area contributed by atoms with Crippen LogP contribution >= 0.6 is 0 Å². The van der Waals surface area contributed by atoms with Gasteiger partial charge >= 0.3 is 0 Å². The van der Waals surface area contributed by atoms with Crippen LogP contribution in [0.2, 0.25) is 0 Å². The molecule has 2 aromatic carbocycles. The average Bonchev–Trinajstić information content (AvgIpc) is 2.56. The lowest BCUT2D eigenvalue weighted by molar-refractivity contribution is -0.125. The smallest absolute Gasteiger partial charge is 0.254 e. The van der Waals surface area contributed by atoms with Crippen LogP contribution in [0.25, 0.3) is 0 Å². The Balaban J connectivity index is 1.98. The van der Waals surface area contributed by atoms with E-state index in [1.807, 2.05) is 6.07 Å². The molecule has 0 aromatic heterocycles. The van der Waals surface area contributed by atoms with Crippen LogP contribution < -0.4 is 9.64 Å². The molecule has 2 atom stereocenters. The predicted octanol–water partition coefficient (Wildman–Crippen LogP) is 2.06. The summed E-state index contributed by atoms with van der Waals surface area (Å²) in [6, 6.07) is 15.5. The first-order chi connectivity index (χ1) is 11.1. The first-order valence-corrected chi connectivity index (χ1v) is 8.43. The fraction of sp³-hybridized carbons (Fsp3) is 0.176. The van der Waals surface area contributed by atoms with Crippen molar-refractivity contribution in [3.8, 4) is 5.75 Å². The predicted molar refractivity (Wildman–Crippen MR) is 87.7 cm³/mol. The van der Waals surface area contributed by atoms with Gasteiger partial charge < -0.3 is 4.74 Å². The van der Waals surface area contributed by atoms with Gasteiger partial charge in [-0.25, -0.2) is 4.90 Å². The number of amides is 2. The van der Waals surface area contributed by atoms with E-state index >= 15 is 0 Å². The van der Waals surface area contributed by atoms with E-state index in [-0.39, 0.29) is 5.75 Å². The summed E-state index contributed by atoms with van der Waals surface area (Å²) in [7, 11) is -0.0126. The van der Waals surface area contributed by atoms with E-state index in [1.54, 1.807) is 55.6 Å². The van der Waals surface area contributed by atoms with Gasteiger partial charge in [0, 0.05) is 10.8 Å². The topological polar surface area (TPSA) is 63.7 Å². The lowest BCUT2D eigenvalue weighted by Crippen LogP contribution is -2.49. The molecular weight excluding hydrogens is 314 g/mol. The minimum Gasteiger partial charge on any atom is -0.497 e. The Bertz CT molecular complexity index is 758. The largest absolute Gasteiger partial charge is 0.497 e. The molecule has 6 heteroatoms. The highest BCUT2D eigenvalue weighted by molar-refractivity contribution is 7.87. The molecule has 0 bridgehead atoms. The highest BCUT2D eigenvalue weighted by atomic mass is 32.2. The second-order valence-corrected chi connectivity index (χ2v) is 6.60. The maximum absolute atomic E-state index is 12.8. The number of imide groups is 1. The summed E-state index contributed by atoms with van der Waals surface area (Å²) < 4.78 is 17.4. The van der Waals surface area contributed by atoms with E-state index in [2.05, 4.69) is 0 Å². The molecule has 0 unspecified atom stereocenters. The Morgan fingerprint density at radius 3 is 2.30 bits per heavy atom. The maximum atomic E-state index is 12.8. The number of carbonyl (C=O) groups is 2. The quantitative estimate of drug-likeness (QED) is 0.809. The van der Waals surface area contributed by atoms with Crippen LogP contribution in [0.4, 0.5) is 5.69 Å². The highest BCUT2D eigenvalue weighted by Gasteiger charge is 2.41. The zero-order chi connectivity index (χ0) is 16.4. The number of rotatable bonds is 3. The summed E-state index contributed by atoms with van der Waals surface area (Å²) in [4.78, 5) is 26.1. The van der Waals surface area contributed by atoms with Crippen LogP contribution in [-0.4, -0.2) is 28.9 Å². The van der Waals surface area contributed by atoms with E-state index in [0.717, 1.165) is 4.90 Å². The van der Waals surface area contributed by atoms with E-state index < -0.39 is 27.9 Å². The fourth-order valence-electron chi connectivity index (χ4n) is 2.55. The number of hydrogen-bond acceptors (Lipinski definition) is 4. The molecule has 1 heterocycles. The van der Waals surface area contributed by atoms with E-state index in [0.29, 0.717) is 17.0 Å². The van der Waals surface area contributed by atoms with Crippen LogP contribution in [0.15, 0.2) is 54.6 Å². The van der Waals surface area contributed by atoms with Gasteiger partial charge in [-0.15, -0.1) is 0 Å². The van der Waals surface area contributed by atoms with E-state index in [9.17, 15) is 13.8 Å². The Morgan fingerprint density at radius 1 is 1.04 bits per heavy atom. The molecule has 1 aliphatic rings. The first kappa shape index (κ1) is 15.4. The van der Waals surface area contributed by atoms with Gasteiger partial charge in [0.1, 0.15) is 16.8 Å². The van der Waals surface area contributed by atoms with Crippen LogP contribution in [0.5, 0.6) is 5.75 Å². The van der Waals surface area contributed by atoms with Gasteiger partial charge in [0.25, 0.3) is 5.91 Å². The second kappa shape index (κ2) is 6.34. The molecule has 1 saturated heterocycles. The van der Waals surface area contributed by atoms with Crippen molar-refractivity contribution in [2.24, 2.45) is 0 Å². The summed E-state index contributed by atoms with van der Waals surface area (Å²) >= 11 is 0. The van der Waals surface area contributed by atoms with Crippen LogP contribution in [0.3, 0.4) is 0 Å². The van der Waals surface area contributed by atoms with Crippen molar-refractivity contribution in [3.63, 3.8) is 0 Å². The minimum atomic E-state index is -1.56. The molecule has 2 amide bonds. The minimum absolute atomic E-state index is 0.169. The van der Waals surface area contributed by atoms with E-state index in [4.69, 9.17) is 4.74 Å². The Labute approximate surface area is 136 Å². The summed E-state index contributed by atoms with van der Waals surface area (Å²) in [5, 5.41) is -0.823.